The fraction of sp³-hybridized carbons (Fsp3) is 0.250. The highest BCUT2D eigenvalue weighted by Gasteiger charge is 2.26. The van der Waals surface area contributed by atoms with Gasteiger partial charge in [-0.3, -0.25) is 4.79 Å². The Morgan fingerprint density at radius 2 is 1.73 bits per heavy atom. The van der Waals surface area contributed by atoms with Gasteiger partial charge in [0.1, 0.15) is 16.3 Å². The summed E-state index contributed by atoms with van der Waals surface area (Å²) in [6, 6.07) is 12.9. The molecule has 1 amide bonds. The summed E-state index contributed by atoms with van der Waals surface area (Å²) in [6.45, 7) is 8.02. The third kappa shape index (κ3) is 4.39. The van der Waals surface area contributed by atoms with Crippen LogP contribution in [0.2, 0.25) is 0 Å². The van der Waals surface area contributed by atoms with E-state index in [1.54, 1.807) is 38.3 Å². The van der Waals surface area contributed by atoms with Crippen molar-refractivity contribution in [3.05, 3.63) is 69.6 Å². The van der Waals surface area contributed by atoms with Gasteiger partial charge in [0.2, 0.25) is 0 Å². The van der Waals surface area contributed by atoms with E-state index < -0.39 is 5.97 Å². The molecule has 1 aromatic heterocycles. The number of nitrogens with one attached hydrogen (secondary N) is 1. The first-order chi connectivity index (χ1) is 14.3. The zero-order valence-corrected chi connectivity index (χ0v) is 18.6. The van der Waals surface area contributed by atoms with E-state index in [9.17, 15) is 9.59 Å². The lowest BCUT2D eigenvalue weighted by Crippen LogP contribution is -2.15. The number of hydrogen-bond donors (Lipinski definition) is 1. The highest BCUT2D eigenvalue weighted by molar-refractivity contribution is 7.17. The highest BCUT2D eigenvalue weighted by Crippen LogP contribution is 2.42. The monoisotopic (exact) mass is 423 g/mol. The molecule has 0 saturated heterocycles. The molecule has 3 rings (SSSR count). The van der Waals surface area contributed by atoms with E-state index in [1.165, 1.54) is 11.3 Å². The van der Waals surface area contributed by atoms with Crippen LogP contribution in [0.3, 0.4) is 0 Å². The maximum Gasteiger partial charge on any atom is 0.341 e. The van der Waals surface area contributed by atoms with Gasteiger partial charge in [0.05, 0.1) is 13.7 Å². The number of methoxy groups -OCH3 is 1. The third-order valence-electron chi connectivity index (χ3n) is 4.79. The largest absolute Gasteiger partial charge is 0.497 e. The quantitative estimate of drug-likeness (QED) is 0.511. The van der Waals surface area contributed by atoms with E-state index >= 15 is 0 Å². The van der Waals surface area contributed by atoms with E-state index in [2.05, 4.69) is 11.4 Å². The lowest BCUT2D eigenvalue weighted by Gasteiger charge is -2.11. The molecule has 3 aromatic rings. The number of thiophene rings is 1. The fourth-order valence-electron chi connectivity index (χ4n) is 3.37. The molecule has 0 atom stereocenters. The van der Waals surface area contributed by atoms with Crippen LogP contribution in [0.5, 0.6) is 5.75 Å². The van der Waals surface area contributed by atoms with Crippen molar-refractivity contribution in [1.29, 1.82) is 0 Å². The summed E-state index contributed by atoms with van der Waals surface area (Å²) < 4.78 is 10.5. The summed E-state index contributed by atoms with van der Waals surface area (Å²) in [6.07, 6.45) is 0. The first kappa shape index (κ1) is 21.6. The molecule has 5 nitrogen and oxygen atoms in total. The Bertz CT molecular complexity index is 1080. The molecule has 2 aromatic carbocycles. The molecular weight excluding hydrogens is 398 g/mol. The molecule has 156 valence electrons. The van der Waals surface area contributed by atoms with Crippen molar-refractivity contribution < 1.29 is 19.1 Å². The number of rotatable bonds is 6. The number of hydrogen-bond acceptors (Lipinski definition) is 5. The molecule has 30 heavy (non-hydrogen) atoms. The molecule has 0 aliphatic rings. The van der Waals surface area contributed by atoms with Crippen LogP contribution >= 0.6 is 11.3 Å². The van der Waals surface area contributed by atoms with E-state index in [1.807, 2.05) is 32.9 Å². The Morgan fingerprint density at radius 1 is 1.03 bits per heavy atom. The van der Waals surface area contributed by atoms with Crippen LogP contribution in [0, 0.1) is 20.8 Å². The minimum Gasteiger partial charge on any atom is -0.497 e. The van der Waals surface area contributed by atoms with Crippen molar-refractivity contribution >= 4 is 28.2 Å². The average molecular weight is 424 g/mol. The fourth-order valence-corrected chi connectivity index (χ4v) is 4.42. The van der Waals surface area contributed by atoms with Crippen molar-refractivity contribution in [2.24, 2.45) is 0 Å². The SMILES string of the molecule is CCOC(=O)c1c(NC(=O)c2ccc(OC)cc2)sc(C)c1-c1ccc(C)cc1C. The zero-order chi connectivity index (χ0) is 21.8. The molecule has 0 saturated carbocycles. The van der Waals surface area contributed by atoms with Crippen molar-refractivity contribution in [3.8, 4) is 16.9 Å². The molecule has 0 radical (unpaired) electrons. The molecule has 0 unspecified atom stereocenters. The topological polar surface area (TPSA) is 64.6 Å². The van der Waals surface area contributed by atoms with E-state index in [-0.39, 0.29) is 12.5 Å². The van der Waals surface area contributed by atoms with Crippen molar-refractivity contribution in [3.63, 3.8) is 0 Å². The molecule has 0 aliphatic carbocycles. The summed E-state index contributed by atoms with van der Waals surface area (Å²) in [5.74, 6) is -0.0682. The van der Waals surface area contributed by atoms with Gasteiger partial charge in [-0.05, 0) is 63.1 Å². The summed E-state index contributed by atoms with van der Waals surface area (Å²) in [7, 11) is 1.57. The molecule has 1 N–H and O–H groups in total. The van der Waals surface area contributed by atoms with Crippen LogP contribution in [-0.4, -0.2) is 25.6 Å². The van der Waals surface area contributed by atoms with Gasteiger partial charge in [-0.25, -0.2) is 4.79 Å². The minimum absolute atomic E-state index is 0.256. The lowest BCUT2D eigenvalue weighted by molar-refractivity contribution is 0.0529. The van der Waals surface area contributed by atoms with Crippen LogP contribution in [0.25, 0.3) is 11.1 Å². The Kier molecular flexibility index (Phi) is 6.57. The first-order valence-corrected chi connectivity index (χ1v) is 10.5. The van der Waals surface area contributed by atoms with E-state index in [0.29, 0.717) is 21.9 Å². The van der Waals surface area contributed by atoms with Crippen LogP contribution in [0.15, 0.2) is 42.5 Å². The molecule has 0 aliphatic heterocycles. The van der Waals surface area contributed by atoms with Gasteiger partial charge in [0.25, 0.3) is 5.91 Å². The van der Waals surface area contributed by atoms with Crippen molar-refractivity contribution in [1.82, 2.24) is 0 Å². The molecule has 1 heterocycles. The van der Waals surface area contributed by atoms with Crippen molar-refractivity contribution in [2.75, 3.05) is 19.0 Å². The first-order valence-electron chi connectivity index (χ1n) is 9.69. The van der Waals surface area contributed by atoms with Gasteiger partial charge in [0, 0.05) is 16.0 Å². The maximum atomic E-state index is 12.9. The van der Waals surface area contributed by atoms with Gasteiger partial charge in [-0.1, -0.05) is 23.8 Å². The standard InChI is InChI=1S/C24H25NO4S/c1-6-29-24(27)21-20(19-12-7-14(2)13-15(19)3)16(4)30-23(21)25-22(26)17-8-10-18(28-5)11-9-17/h7-13H,6H2,1-5H3,(H,25,26). The molecular formula is C24H25NO4S. The minimum atomic E-state index is -0.443. The van der Waals surface area contributed by atoms with Crippen LogP contribution in [-0.2, 0) is 4.74 Å². The average Bonchev–Trinajstić information content (AvgIpc) is 3.03. The third-order valence-corrected chi connectivity index (χ3v) is 5.81. The Labute approximate surface area is 180 Å². The van der Waals surface area contributed by atoms with Gasteiger partial charge in [0.15, 0.2) is 0 Å². The number of aryl methyl sites for hydroxylation is 3. The van der Waals surface area contributed by atoms with E-state index in [4.69, 9.17) is 9.47 Å². The van der Waals surface area contributed by atoms with Crippen LogP contribution < -0.4 is 10.1 Å². The molecule has 0 fully saturated rings. The number of carbonyl (C=O) groups is 2. The van der Waals surface area contributed by atoms with Crippen molar-refractivity contribution in [2.45, 2.75) is 27.7 Å². The zero-order valence-electron chi connectivity index (χ0n) is 17.8. The highest BCUT2D eigenvalue weighted by atomic mass is 32.1. The summed E-state index contributed by atoms with van der Waals surface area (Å²) in [4.78, 5) is 26.6. The van der Waals surface area contributed by atoms with Crippen LogP contribution in [0.1, 0.15) is 43.6 Å². The maximum absolute atomic E-state index is 12.9. The second-order valence-corrected chi connectivity index (χ2v) is 8.18. The van der Waals surface area contributed by atoms with Gasteiger partial charge in [-0.2, -0.15) is 0 Å². The Hall–Kier alpha value is -3.12. The van der Waals surface area contributed by atoms with Gasteiger partial charge >= 0.3 is 5.97 Å². The number of benzene rings is 2. The summed E-state index contributed by atoms with van der Waals surface area (Å²) in [5.41, 5.74) is 4.85. The second kappa shape index (κ2) is 9.13. The number of carbonyl (C=O) groups excluding carboxylic acids is 2. The number of esters is 1. The van der Waals surface area contributed by atoms with Crippen LogP contribution in [0.4, 0.5) is 5.00 Å². The lowest BCUT2D eigenvalue weighted by atomic mass is 9.96. The normalized spacial score (nSPS) is 10.6. The Morgan fingerprint density at radius 3 is 2.33 bits per heavy atom. The smallest absolute Gasteiger partial charge is 0.341 e. The Balaban J connectivity index is 2.05. The number of amides is 1. The second-order valence-electron chi connectivity index (χ2n) is 6.96. The predicted octanol–water partition coefficient (Wildman–Crippen LogP) is 5.78. The summed E-state index contributed by atoms with van der Waals surface area (Å²) >= 11 is 1.38. The molecule has 6 heteroatoms. The molecule has 0 spiro atoms. The predicted molar refractivity (Wildman–Crippen MR) is 121 cm³/mol. The number of anilines is 1. The van der Waals surface area contributed by atoms with Gasteiger partial charge in [-0.15, -0.1) is 11.3 Å². The van der Waals surface area contributed by atoms with E-state index in [0.717, 1.165) is 27.1 Å². The number of ether oxygens (including phenoxy) is 2. The van der Waals surface area contributed by atoms with Gasteiger partial charge < -0.3 is 14.8 Å². The molecule has 0 bridgehead atoms. The summed E-state index contributed by atoms with van der Waals surface area (Å²) in [5, 5.41) is 3.39.